The Kier molecular flexibility index (Phi) is 6.18. The van der Waals surface area contributed by atoms with Gasteiger partial charge in [0.15, 0.2) is 5.65 Å². The van der Waals surface area contributed by atoms with Crippen LogP contribution in [0.3, 0.4) is 0 Å². The molecule has 178 valence electrons. The van der Waals surface area contributed by atoms with E-state index in [1.807, 2.05) is 54.1 Å². The molecule has 3 heterocycles. The van der Waals surface area contributed by atoms with E-state index in [2.05, 4.69) is 4.98 Å². The Morgan fingerprint density at radius 1 is 0.914 bits per heavy atom. The molecule has 0 N–H and O–H groups in total. The zero-order chi connectivity index (χ0) is 24.7. The van der Waals surface area contributed by atoms with Crippen molar-refractivity contribution in [2.75, 3.05) is 14.1 Å². The van der Waals surface area contributed by atoms with E-state index in [4.69, 9.17) is 0 Å². The van der Waals surface area contributed by atoms with Gasteiger partial charge in [-0.3, -0.25) is 0 Å². The van der Waals surface area contributed by atoms with Crippen LogP contribution in [0.25, 0.3) is 33.3 Å². The van der Waals surface area contributed by atoms with Gasteiger partial charge in [0.1, 0.15) is 11.0 Å². The van der Waals surface area contributed by atoms with Crippen molar-refractivity contribution in [3.8, 4) is 22.3 Å². The number of aromatic nitrogens is 2. The maximum Gasteiger partial charge on any atom is 0.269 e. The maximum absolute atomic E-state index is 13.7. The molecule has 0 aliphatic heterocycles. The second-order valence-electron chi connectivity index (χ2n) is 8.31. The highest BCUT2D eigenvalue weighted by atomic mass is 32.2. The molecule has 0 radical (unpaired) electrons. The smallest absolute Gasteiger partial charge is 0.237 e. The van der Waals surface area contributed by atoms with Gasteiger partial charge < -0.3 is 0 Å². The lowest BCUT2D eigenvalue weighted by Crippen LogP contribution is -2.15. The molecule has 0 saturated carbocycles. The van der Waals surface area contributed by atoms with Crippen LogP contribution in [-0.4, -0.2) is 40.0 Å². The number of thiophene rings is 1. The Morgan fingerprint density at radius 2 is 1.63 bits per heavy atom. The summed E-state index contributed by atoms with van der Waals surface area (Å²) < 4.78 is 42.8. The van der Waals surface area contributed by atoms with Crippen LogP contribution < -0.4 is 0 Å². The molecule has 0 saturated heterocycles. The molecule has 3 aromatic heterocycles. The van der Waals surface area contributed by atoms with Crippen LogP contribution in [0.1, 0.15) is 5.56 Å². The van der Waals surface area contributed by atoms with Crippen molar-refractivity contribution in [3.05, 3.63) is 89.4 Å². The van der Waals surface area contributed by atoms with Crippen LogP contribution >= 0.6 is 11.3 Å². The van der Waals surface area contributed by atoms with Gasteiger partial charge in [-0.25, -0.2) is 25.9 Å². The minimum atomic E-state index is -3.89. The van der Waals surface area contributed by atoms with Crippen molar-refractivity contribution in [2.45, 2.75) is 16.7 Å². The molecular formula is C26H23N3O3S3. The van der Waals surface area contributed by atoms with Gasteiger partial charge >= 0.3 is 0 Å². The predicted octanol–water partition coefficient (Wildman–Crippen LogP) is 5.56. The molecular weight excluding hydrogens is 499 g/mol. The third-order valence-corrected chi connectivity index (χ3v) is 9.45. The van der Waals surface area contributed by atoms with E-state index in [0.717, 1.165) is 33.2 Å². The van der Waals surface area contributed by atoms with Gasteiger partial charge in [0.2, 0.25) is 0 Å². The predicted molar refractivity (Wildman–Crippen MR) is 142 cm³/mol. The summed E-state index contributed by atoms with van der Waals surface area (Å²) in [6, 6.07) is 18.1. The lowest BCUT2D eigenvalue weighted by Gasteiger charge is -2.10. The van der Waals surface area contributed by atoms with E-state index in [1.165, 1.54) is 3.97 Å². The first-order valence-electron chi connectivity index (χ1n) is 10.8. The van der Waals surface area contributed by atoms with Crippen LogP contribution in [0.2, 0.25) is 0 Å². The molecule has 35 heavy (non-hydrogen) atoms. The Bertz CT molecular complexity index is 1640. The van der Waals surface area contributed by atoms with Gasteiger partial charge in [0.05, 0.1) is 9.79 Å². The first-order valence-corrected chi connectivity index (χ1v) is 14.3. The Morgan fingerprint density at radius 3 is 2.26 bits per heavy atom. The van der Waals surface area contributed by atoms with Crippen molar-refractivity contribution in [3.63, 3.8) is 0 Å². The highest BCUT2D eigenvalue weighted by Gasteiger charge is 2.25. The zero-order valence-corrected chi connectivity index (χ0v) is 21.8. The summed E-state index contributed by atoms with van der Waals surface area (Å²) in [6.45, 7) is 1.92. The van der Waals surface area contributed by atoms with Crippen LogP contribution in [0.5, 0.6) is 0 Å². The topological polar surface area (TPSA) is 72.3 Å². The monoisotopic (exact) mass is 521 g/mol. The standard InChI is InChI=1S/C26H23N3O3S3/c1-18-4-10-22(11-5-18)35(31,32)29-16-24(19-6-8-21(9-7-19)34(30)28(2)3)25-23(12-14-27-26(25)29)20-13-15-33-17-20/h4-17H,1-3H3. The van der Waals surface area contributed by atoms with Gasteiger partial charge in [0.25, 0.3) is 10.0 Å². The molecule has 0 fully saturated rings. The summed E-state index contributed by atoms with van der Waals surface area (Å²) in [7, 11) is -1.64. The quantitative estimate of drug-likeness (QED) is 0.293. The normalized spacial score (nSPS) is 12.9. The lowest BCUT2D eigenvalue weighted by molar-refractivity contribution is 0.588. The van der Waals surface area contributed by atoms with E-state index >= 15 is 0 Å². The van der Waals surface area contributed by atoms with Gasteiger partial charge in [-0.2, -0.15) is 11.3 Å². The molecule has 5 rings (SSSR count). The van der Waals surface area contributed by atoms with Crippen molar-refractivity contribution in [2.24, 2.45) is 0 Å². The molecule has 0 spiro atoms. The molecule has 1 unspecified atom stereocenters. The van der Waals surface area contributed by atoms with Crippen LogP contribution in [0.4, 0.5) is 0 Å². The Balaban J connectivity index is 1.76. The van der Waals surface area contributed by atoms with Crippen LogP contribution in [0, 0.1) is 6.92 Å². The minimum Gasteiger partial charge on any atom is -0.237 e. The molecule has 1 atom stereocenters. The second-order valence-corrected chi connectivity index (χ2v) is 12.6. The molecule has 0 aliphatic rings. The largest absolute Gasteiger partial charge is 0.269 e. The number of hydrogen-bond acceptors (Lipinski definition) is 5. The fourth-order valence-electron chi connectivity index (χ4n) is 3.97. The summed E-state index contributed by atoms with van der Waals surface area (Å²) in [6.07, 6.45) is 3.28. The summed E-state index contributed by atoms with van der Waals surface area (Å²) in [5, 5.41) is 4.78. The summed E-state index contributed by atoms with van der Waals surface area (Å²) in [4.78, 5) is 5.38. The van der Waals surface area contributed by atoms with Gasteiger partial charge in [0, 0.05) is 23.3 Å². The number of aryl methyl sites for hydroxylation is 1. The number of nitrogens with zero attached hydrogens (tertiary/aromatic N) is 3. The second kappa shape index (κ2) is 9.16. The first kappa shape index (κ1) is 23.6. The van der Waals surface area contributed by atoms with E-state index in [-0.39, 0.29) is 4.90 Å². The van der Waals surface area contributed by atoms with Crippen LogP contribution in [0.15, 0.2) is 93.6 Å². The highest BCUT2D eigenvalue weighted by molar-refractivity contribution is 7.90. The fourth-order valence-corrected chi connectivity index (χ4v) is 6.74. The van der Waals surface area contributed by atoms with Gasteiger partial charge in [-0.1, -0.05) is 29.8 Å². The molecule has 0 aliphatic carbocycles. The van der Waals surface area contributed by atoms with Crippen molar-refractivity contribution >= 4 is 43.4 Å². The van der Waals surface area contributed by atoms with Gasteiger partial charge in [-0.05, 0) is 84.9 Å². The molecule has 0 amide bonds. The van der Waals surface area contributed by atoms with E-state index in [1.54, 1.807) is 66.4 Å². The van der Waals surface area contributed by atoms with E-state index in [0.29, 0.717) is 10.5 Å². The van der Waals surface area contributed by atoms with E-state index < -0.39 is 21.0 Å². The van der Waals surface area contributed by atoms with Crippen molar-refractivity contribution in [1.82, 2.24) is 13.3 Å². The highest BCUT2D eigenvalue weighted by Crippen LogP contribution is 2.39. The summed E-state index contributed by atoms with van der Waals surface area (Å²) in [5.74, 6) is 0. The Labute approximate surface area is 211 Å². The number of pyridine rings is 1. The van der Waals surface area contributed by atoms with Crippen molar-refractivity contribution in [1.29, 1.82) is 0 Å². The molecule has 6 nitrogen and oxygen atoms in total. The number of rotatable bonds is 6. The first-order chi connectivity index (χ1) is 16.8. The number of fused-ring (bicyclic) bond motifs is 1. The molecule has 0 bridgehead atoms. The lowest BCUT2D eigenvalue weighted by atomic mass is 10.00. The van der Waals surface area contributed by atoms with Crippen LogP contribution in [-0.2, 0) is 21.0 Å². The fraction of sp³-hybridized carbons (Fsp3) is 0.115. The zero-order valence-electron chi connectivity index (χ0n) is 19.4. The summed E-state index contributed by atoms with van der Waals surface area (Å²) >= 11 is 1.58. The molecule has 2 aromatic carbocycles. The molecule has 5 aromatic rings. The average Bonchev–Trinajstić information content (AvgIpc) is 3.53. The van der Waals surface area contributed by atoms with Crippen molar-refractivity contribution < 1.29 is 12.6 Å². The summed E-state index contributed by atoms with van der Waals surface area (Å²) in [5.41, 5.74) is 4.81. The third kappa shape index (κ3) is 4.25. The maximum atomic E-state index is 13.7. The van der Waals surface area contributed by atoms with E-state index in [9.17, 15) is 12.6 Å². The minimum absolute atomic E-state index is 0.200. The third-order valence-electron chi connectivity index (χ3n) is 5.76. The number of hydrogen-bond donors (Lipinski definition) is 0. The average molecular weight is 522 g/mol. The SMILES string of the molecule is Cc1ccc(S(=O)(=O)n2cc(-c3ccc(S(=O)N(C)C)cc3)c3c(-c4ccsc4)ccnc32)cc1. The Hall–Kier alpha value is -3.11. The number of benzene rings is 2. The molecule has 9 heteroatoms. The van der Waals surface area contributed by atoms with Gasteiger partial charge in [-0.15, -0.1) is 0 Å².